The molecule has 0 N–H and O–H groups in total. The summed E-state index contributed by atoms with van der Waals surface area (Å²) in [7, 11) is 0.0694. The van der Waals surface area contributed by atoms with Crippen molar-refractivity contribution in [1.29, 1.82) is 5.26 Å². The van der Waals surface area contributed by atoms with Crippen LogP contribution in [0.3, 0.4) is 0 Å². The predicted octanol–water partition coefficient (Wildman–Crippen LogP) is -1.57. The minimum Gasteiger partial charge on any atom is -0.444 e. The quantitative estimate of drug-likeness (QED) is 0.536. The smallest absolute Gasteiger partial charge is 0.444 e. The molecule has 25 heavy (non-hydrogen) atoms. The molecule has 0 aliphatic carbocycles. The topological polar surface area (TPSA) is 83.5 Å². The van der Waals surface area contributed by atoms with Gasteiger partial charge in [0.2, 0.25) is 0 Å². The van der Waals surface area contributed by atoms with Gasteiger partial charge in [0.25, 0.3) is 0 Å². The van der Waals surface area contributed by atoms with E-state index in [2.05, 4.69) is 10.1 Å². The van der Waals surface area contributed by atoms with E-state index in [0.717, 1.165) is 28.3 Å². The summed E-state index contributed by atoms with van der Waals surface area (Å²) in [6.45, 7) is 10.6. The van der Waals surface area contributed by atoms with Crippen molar-refractivity contribution in [1.82, 2.24) is 19.5 Å². The SMILES string of the molecule is Cc1nc2cc(C)c3c(n2n1)CN(C(=O)OC(C)(C)C)C3.[BH3-]C#N.[Na+]. The average Bonchev–Trinajstić information content (AvgIpc) is 3.01. The van der Waals surface area contributed by atoms with Crippen LogP contribution in [0.1, 0.15) is 43.4 Å². The van der Waals surface area contributed by atoms with Gasteiger partial charge in [0.1, 0.15) is 11.4 Å². The number of carbonyl (C=O) groups is 1. The number of nitriles is 1. The third kappa shape index (κ3) is 4.97. The Bertz CT molecular complexity index is 823. The molecule has 0 bridgehead atoms. The number of amides is 1. The fraction of sp³-hybridized carbons (Fsp3) is 0.500. The number of ether oxygens (including phenoxy) is 1. The van der Waals surface area contributed by atoms with Gasteiger partial charge in [-0.1, -0.05) is 0 Å². The van der Waals surface area contributed by atoms with E-state index in [9.17, 15) is 4.79 Å². The summed E-state index contributed by atoms with van der Waals surface area (Å²) < 4.78 is 7.29. The first-order valence-corrected chi connectivity index (χ1v) is 7.29. The Morgan fingerprint density at radius 3 is 2.52 bits per heavy atom. The standard InChI is InChI=1S/C15H20N4O2.CH3BN.Na/c1-9-6-13-16-10(2)17-19(13)12-8-18(7-11(9)12)14(20)21-15(3,4)5;2-1-3;/h6H,7-8H2,1-5H3;2H3;/q;-1;+1. The Balaban J connectivity index is 0.000000730. The Hall–Kier alpha value is -1.56. The van der Waals surface area contributed by atoms with Crippen LogP contribution < -0.4 is 29.6 Å². The van der Waals surface area contributed by atoms with Crippen LogP contribution in [0.2, 0.25) is 0 Å². The molecule has 2 aromatic heterocycles. The van der Waals surface area contributed by atoms with Crippen molar-refractivity contribution in [3.63, 3.8) is 0 Å². The molecule has 0 fully saturated rings. The number of aryl methyl sites for hydroxylation is 2. The monoisotopic (exact) mass is 351 g/mol. The molecule has 0 saturated heterocycles. The molecule has 3 heterocycles. The molecule has 1 aliphatic heterocycles. The summed E-state index contributed by atoms with van der Waals surface area (Å²) in [5.41, 5.74) is 3.64. The summed E-state index contributed by atoms with van der Waals surface area (Å²) in [5.74, 6) is 2.73. The zero-order valence-electron chi connectivity index (χ0n) is 15.0. The molecule has 0 radical (unpaired) electrons. The first kappa shape index (κ1) is 21.5. The normalized spacial score (nSPS) is 12.6. The maximum atomic E-state index is 12.2. The van der Waals surface area contributed by atoms with Crippen molar-refractivity contribution in [3.8, 4) is 5.97 Å². The van der Waals surface area contributed by atoms with E-state index in [1.165, 1.54) is 0 Å². The second kappa shape index (κ2) is 8.22. The molecule has 0 spiro atoms. The Morgan fingerprint density at radius 1 is 1.36 bits per heavy atom. The Labute approximate surface area is 171 Å². The minimum absolute atomic E-state index is 0. The molecule has 0 unspecified atom stereocenters. The van der Waals surface area contributed by atoms with Gasteiger partial charge >= 0.3 is 35.7 Å². The van der Waals surface area contributed by atoms with Gasteiger partial charge < -0.3 is 4.74 Å². The molecular formula is C16H23BN5NaO2. The predicted molar refractivity (Wildman–Crippen MR) is 93.5 cm³/mol. The summed E-state index contributed by atoms with van der Waals surface area (Å²) in [4.78, 5) is 18.3. The fourth-order valence-corrected chi connectivity index (χ4v) is 2.62. The molecule has 7 nitrogen and oxygen atoms in total. The second-order valence-electron chi connectivity index (χ2n) is 6.52. The number of hydrogen-bond acceptors (Lipinski definition) is 5. The summed E-state index contributed by atoms with van der Waals surface area (Å²) in [6.07, 6.45) is -0.289. The number of carbonyl (C=O) groups excluding carboxylic acids is 1. The number of nitrogens with zero attached hydrogens (tertiary/aromatic N) is 5. The van der Waals surface area contributed by atoms with E-state index in [4.69, 9.17) is 10.00 Å². The maximum absolute atomic E-state index is 12.2. The van der Waals surface area contributed by atoms with Crippen LogP contribution in [-0.4, -0.2) is 39.0 Å². The van der Waals surface area contributed by atoms with Crippen LogP contribution in [0, 0.1) is 25.1 Å². The van der Waals surface area contributed by atoms with E-state index in [1.807, 2.05) is 51.2 Å². The Morgan fingerprint density at radius 2 is 1.96 bits per heavy atom. The molecule has 2 aromatic rings. The Kier molecular flexibility index (Phi) is 7.06. The number of hydrogen-bond donors (Lipinski definition) is 0. The zero-order valence-corrected chi connectivity index (χ0v) is 17.0. The minimum atomic E-state index is -0.486. The molecular weight excluding hydrogens is 328 g/mol. The molecule has 0 saturated carbocycles. The average molecular weight is 351 g/mol. The third-order valence-corrected chi connectivity index (χ3v) is 3.51. The molecule has 1 amide bonds. The van der Waals surface area contributed by atoms with Gasteiger partial charge in [-0.05, 0) is 51.8 Å². The molecule has 1 aliphatic rings. The molecule has 9 heteroatoms. The van der Waals surface area contributed by atoms with Gasteiger partial charge in [-0.3, -0.25) is 10.2 Å². The summed E-state index contributed by atoms with van der Waals surface area (Å²) in [5, 5.41) is 11.9. The van der Waals surface area contributed by atoms with Gasteiger partial charge in [0.15, 0.2) is 5.65 Å². The van der Waals surface area contributed by atoms with Crippen molar-refractivity contribution in [2.24, 2.45) is 0 Å². The van der Waals surface area contributed by atoms with Crippen molar-refractivity contribution < 1.29 is 39.1 Å². The van der Waals surface area contributed by atoms with Crippen molar-refractivity contribution >= 4 is 19.6 Å². The van der Waals surface area contributed by atoms with Gasteiger partial charge in [-0.15, -0.1) is 0 Å². The van der Waals surface area contributed by atoms with Crippen LogP contribution in [0.5, 0.6) is 0 Å². The second-order valence-corrected chi connectivity index (χ2v) is 6.52. The number of pyridine rings is 1. The van der Waals surface area contributed by atoms with E-state index in [-0.39, 0.29) is 43.5 Å². The molecule has 128 valence electrons. The largest absolute Gasteiger partial charge is 1.00 e. The molecule has 0 aromatic carbocycles. The summed E-state index contributed by atoms with van der Waals surface area (Å²) >= 11 is 0. The van der Waals surface area contributed by atoms with Gasteiger partial charge in [-0.25, -0.2) is 14.3 Å². The van der Waals surface area contributed by atoms with Gasteiger partial charge in [-0.2, -0.15) is 11.1 Å². The first-order valence-electron chi connectivity index (χ1n) is 7.29. The van der Waals surface area contributed by atoms with E-state index in [1.54, 1.807) is 4.90 Å². The first-order chi connectivity index (χ1) is 11.2. The van der Waals surface area contributed by atoms with Gasteiger partial charge in [0, 0.05) is 0 Å². The molecule has 0 atom stereocenters. The van der Waals surface area contributed by atoms with Crippen LogP contribution >= 0.6 is 0 Å². The fourth-order valence-electron chi connectivity index (χ4n) is 2.62. The van der Waals surface area contributed by atoms with E-state index in [0.29, 0.717) is 13.1 Å². The number of rotatable bonds is 0. The number of fused-ring (bicyclic) bond motifs is 3. The van der Waals surface area contributed by atoms with Crippen LogP contribution in [0.4, 0.5) is 4.79 Å². The van der Waals surface area contributed by atoms with Crippen molar-refractivity contribution in [2.45, 2.75) is 53.3 Å². The van der Waals surface area contributed by atoms with Crippen molar-refractivity contribution in [2.75, 3.05) is 0 Å². The van der Waals surface area contributed by atoms with E-state index >= 15 is 0 Å². The van der Waals surface area contributed by atoms with Crippen LogP contribution in [0.25, 0.3) is 5.65 Å². The van der Waals surface area contributed by atoms with Crippen molar-refractivity contribution in [3.05, 3.63) is 28.7 Å². The van der Waals surface area contributed by atoms with Crippen LogP contribution in [-0.2, 0) is 17.8 Å². The maximum Gasteiger partial charge on any atom is 1.00 e. The van der Waals surface area contributed by atoms with Crippen LogP contribution in [0.15, 0.2) is 6.07 Å². The summed E-state index contributed by atoms with van der Waals surface area (Å²) in [6, 6.07) is 2.01. The zero-order chi connectivity index (χ0) is 18.1. The van der Waals surface area contributed by atoms with E-state index < -0.39 is 5.60 Å². The number of aromatic nitrogens is 3. The molecule has 3 rings (SSSR count). The van der Waals surface area contributed by atoms with Gasteiger partial charge in [0.05, 0.1) is 26.6 Å². The third-order valence-electron chi connectivity index (χ3n) is 3.51.